The molecule has 1 saturated heterocycles. The molecule has 7 nitrogen and oxygen atoms in total. The van der Waals surface area contributed by atoms with Crippen LogP contribution in [-0.2, 0) is 0 Å². The summed E-state index contributed by atoms with van der Waals surface area (Å²) in [5.41, 5.74) is 0.262. The lowest BCUT2D eigenvalue weighted by Crippen LogP contribution is -2.43. The molecule has 2 aliphatic rings. The van der Waals surface area contributed by atoms with Gasteiger partial charge in [0.15, 0.2) is 5.82 Å². The lowest BCUT2D eigenvalue weighted by atomic mass is 9.91. The number of rotatable bonds is 3. The van der Waals surface area contributed by atoms with E-state index in [4.69, 9.17) is 0 Å². The standard InChI is InChI=1S/C21H25FN6O/c1-15-13-26(16-4-2-5-16)10-11-27(14-15)21(29)24-20-8-9-28(25-20)19-7-3-6-18(22)17(19)12-23/h3,6-9,15-16H,2,4-5,10-11,13-14H2,1H3,(H,24,25,29). The molecule has 2 heterocycles. The fraction of sp³-hybridized carbons (Fsp3) is 0.476. The molecule has 8 heteroatoms. The van der Waals surface area contributed by atoms with E-state index in [-0.39, 0.29) is 11.6 Å². The van der Waals surface area contributed by atoms with E-state index in [0.717, 1.165) is 13.1 Å². The van der Waals surface area contributed by atoms with Crippen molar-refractivity contribution in [3.63, 3.8) is 0 Å². The molecule has 1 aliphatic carbocycles. The molecule has 2 fully saturated rings. The van der Waals surface area contributed by atoms with E-state index in [1.807, 2.05) is 11.0 Å². The number of urea groups is 1. The molecule has 1 aliphatic heterocycles. The summed E-state index contributed by atoms with van der Waals surface area (Å²) in [6.07, 6.45) is 5.44. The van der Waals surface area contributed by atoms with Crippen LogP contribution in [-0.4, -0.2) is 57.8 Å². The Hall–Kier alpha value is -2.92. The fourth-order valence-electron chi connectivity index (χ4n) is 4.06. The van der Waals surface area contributed by atoms with Crippen LogP contribution in [0.4, 0.5) is 15.0 Å². The number of hydrogen-bond acceptors (Lipinski definition) is 4. The van der Waals surface area contributed by atoms with Crippen LogP contribution in [0.5, 0.6) is 0 Å². The predicted molar refractivity (Wildman–Crippen MR) is 107 cm³/mol. The zero-order valence-corrected chi connectivity index (χ0v) is 16.5. The molecule has 0 spiro atoms. The van der Waals surface area contributed by atoms with Crippen molar-refractivity contribution in [2.24, 2.45) is 5.92 Å². The summed E-state index contributed by atoms with van der Waals surface area (Å²) in [6, 6.07) is 8.38. The van der Waals surface area contributed by atoms with E-state index < -0.39 is 5.82 Å². The Morgan fingerprint density at radius 3 is 2.83 bits per heavy atom. The summed E-state index contributed by atoms with van der Waals surface area (Å²) in [4.78, 5) is 17.1. The lowest BCUT2D eigenvalue weighted by molar-refractivity contribution is 0.122. The Labute approximate surface area is 169 Å². The minimum Gasteiger partial charge on any atom is -0.323 e. The van der Waals surface area contributed by atoms with Crippen molar-refractivity contribution in [1.82, 2.24) is 19.6 Å². The average Bonchev–Trinajstić information content (AvgIpc) is 3.02. The van der Waals surface area contributed by atoms with Crippen molar-refractivity contribution in [2.75, 3.05) is 31.5 Å². The van der Waals surface area contributed by atoms with Gasteiger partial charge in [-0.2, -0.15) is 5.26 Å². The van der Waals surface area contributed by atoms with Crippen LogP contribution in [0.3, 0.4) is 0 Å². The summed E-state index contributed by atoms with van der Waals surface area (Å²) in [7, 11) is 0. The van der Waals surface area contributed by atoms with Crippen LogP contribution in [0.15, 0.2) is 30.5 Å². The molecule has 0 bridgehead atoms. The number of amides is 2. The van der Waals surface area contributed by atoms with Gasteiger partial charge in [-0.25, -0.2) is 13.9 Å². The highest BCUT2D eigenvalue weighted by atomic mass is 19.1. The Morgan fingerprint density at radius 1 is 1.28 bits per heavy atom. The van der Waals surface area contributed by atoms with Gasteiger partial charge in [0, 0.05) is 44.5 Å². The number of halogens is 1. The molecule has 29 heavy (non-hydrogen) atoms. The molecule has 1 N–H and O–H groups in total. The molecule has 2 aromatic rings. The van der Waals surface area contributed by atoms with Crippen LogP contribution >= 0.6 is 0 Å². The van der Waals surface area contributed by atoms with Gasteiger partial charge in [0.25, 0.3) is 0 Å². The van der Waals surface area contributed by atoms with E-state index in [2.05, 4.69) is 22.2 Å². The number of nitrogens with zero attached hydrogens (tertiary/aromatic N) is 5. The molecule has 1 aromatic carbocycles. The lowest BCUT2D eigenvalue weighted by Gasteiger charge is -2.37. The maximum atomic E-state index is 13.8. The predicted octanol–water partition coefficient (Wildman–Crippen LogP) is 3.22. The van der Waals surface area contributed by atoms with E-state index >= 15 is 0 Å². The van der Waals surface area contributed by atoms with E-state index in [9.17, 15) is 14.4 Å². The van der Waals surface area contributed by atoms with Crippen molar-refractivity contribution in [1.29, 1.82) is 5.26 Å². The Morgan fingerprint density at radius 2 is 2.10 bits per heavy atom. The highest BCUT2D eigenvalue weighted by Gasteiger charge is 2.30. The third-order valence-corrected chi connectivity index (χ3v) is 5.79. The highest BCUT2D eigenvalue weighted by Crippen LogP contribution is 2.26. The Bertz CT molecular complexity index is 931. The second-order valence-corrected chi connectivity index (χ2v) is 7.95. The normalized spacial score (nSPS) is 20.6. The molecule has 1 unspecified atom stereocenters. The number of nitrogens with one attached hydrogen (secondary N) is 1. The number of hydrogen-bond donors (Lipinski definition) is 1. The number of carbonyl (C=O) groups excluding carboxylic acids is 1. The Kier molecular flexibility index (Phi) is 5.49. The van der Waals surface area contributed by atoms with Gasteiger partial charge < -0.3 is 4.90 Å². The van der Waals surface area contributed by atoms with Crippen LogP contribution in [0, 0.1) is 23.1 Å². The first-order valence-corrected chi connectivity index (χ1v) is 10.1. The number of anilines is 1. The third kappa shape index (κ3) is 4.10. The summed E-state index contributed by atoms with van der Waals surface area (Å²) in [5.74, 6) is 0.184. The first-order valence-electron chi connectivity index (χ1n) is 10.1. The first kappa shape index (κ1) is 19.4. The van der Waals surface area contributed by atoms with Crippen molar-refractivity contribution in [3.05, 3.63) is 41.8 Å². The van der Waals surface area contributed by atoms with Crippen LogP contribution in [0.25, 0.3) is 5.69 Å². The first-order chi connectivity index (χ1) is 14.0. The maximum Gasteiger partial charge on any atom is 0.323 e. The van der Waals surface area contributed by atoms with Gasteiger partial charge in [-0.3, -0.25) is 10.2 Å². The second-order valence-electron chi connectivity index (χ2n) is 7.95. The highest BCUT2D eigenvalue weighted by molar-refractivity contribution is 5.88. The molecule has 1 aromatic heterocycles. The molecule has 2 amide bonds. The van der Waals surface area contributed by atoms with Gasteiger partial charge in [0.2, 0.25) is 0 Å². The summed E-state index contributed by atoms with van der Waals surface area (Å²) < 4.78 is 15.2. The van der Waals surface area contributed by atoms with Crippen LogP contribution < -0.4 is 5.32 Å². The molecule has 4 rings (SSSR count). The molecule has 1 saturated carbocycles. The van der Waals surface area contributed by atoms with Gasteiger partial charge in [-0.15, -0.1) is 5.10 Å². The zero-order valence-electron chi connectivity index (χ0n) is 16.5. The number of benzene rings is 1. The SMILES string of the molecule is CC1CN(C(=O)Nc2ccn(-c3cccc(F)c3C#N)n2)CCN(C2CCC2)C1. The Balaban J connectivity index is 1.43. The van der Waals surface area contributed by atoms with Crippen molar-refractivity contribution in [2.45, 2.75) is 32.2 Å². The minimum atomic E-state index is -0.597. The minimum absolute atomic E-state index is 0.0779. The summed E-state index contributed by atoms with van der Waals surface area (Å²) in [5, 5.41) is 16.3. The molecule has 152 valence electrons. The van der Waals surface area contributed by atoms with Crippen molar-refractivity contribution >= 4 is 11.8 Å². The van der Waals surface area contributed by atoms with Gasteiger partial charge in [0.05, 0.1) is 5.69 Å². The van der Waals surface area contributed by atoms with E-state index in [1.54, 1.807) is 18.3 Å². The van der Waals surface area contributed by atoms with Gasteiger partial charge in [-0.05, 0) is 30.9 Å². The number of carbonyl (C=O) groups is 1. The largest absolute Gasteiger partial charge is 0.323 e. The molecule has 1 atom stereocenters. The monoisotopic (exact) mass is 396 g/mol. The molecular weight excluding hydrogens is 371 g/mol. The zero-order chi connectivity index (χ0) is 20.4. The van der Waals surface area contributed by atoms with Crippen molar-refractivity contribution in [3.8, 4) is 11.8 Å². The topological polar surface area (TPSA) is 77.2 Å². The van der Waals surface area contributed by atoms with Crippen LogP contribution in [0.1, 0.15) is 31.7 Å². The van der Waals surface area contributed by atoms with E-state index in [1.165, 1.54) is 36.1 Å². The molecular formula is C21H25FN6O. The van der Waals surface area contributed by atoms with Gasteiger partial charge >= 0.3 is 6.03 Å². The molecule has 0 radical (unpaired) electrons. The smallest absolute Gasteiger partial charge is 0.323 e. The van der Waals surface area contributed by atoms with Crippen molar-refractivity contribution < 1.29 is 9.18 Å². The van der Waals surface area contributed by atoms with E-state index in [0.29, 0.717) is 36.6 Å². The number of nitriles is 1. The fourth-order valence-corrected chi connectivity index (χ4v) is 4.06. The maximum absolute atomic E-state index is 13.8. The summed E-state index contributed by atoms with van der Waals surface area (Å²) >= 11 is 0. The van der Waals surface area contributed by atoms with Gasteiger partial charge in [0.1, 0.15) is 17.4 Å². The quantitative estimate of drug-likeness (QED) is 0.864. The average molecular weight is 396 g/mol. The van der Waals surface area contributed by atoms with Gasteiger partial charge in [-0.1, -0.05) is 19.4 Å². The summed E-state index contributed by atoms with van der Waals surface area (Å²) in [6.45, 7) is 5.50. The second kappa shape index (κ2) is 8.21. The third-order valence-electron chi connectivity index (χ3n) is 5.79. The van der Waals surface area contributed by atoms with Crippen LogP contribution in [0.2, 0.25) is 0 Å². The number of aromatic nitrogens is 2.